The smallest absolute Gasteiger partial charge is 0.251 e. The van der Waals surface area contributed by atoms with Crippen molar-refractivity contribution in [2.24, 2.45) is 11.8 Å². The second-order valence-corrected chi connectivity index (χ2v) is 12.5. The van der Waals surface area contributed by atoms with Crippen molar-refractivity contribution >= 4 is 27.3 Å². The van der Waals surface area contributed by atoms with Crippen LogP contribution in [0.15, 0.2) is 71.5 Å². The quantitative estimate of drug-likeness (QED) is 0.458. The van der Waals surface area contributed by atoms with E-state index in [0.717, 1.165) is 17.8 Å². The molecule has 3 aromatic rings. The van der Waals surface area contributed by atoms with E-state index < -0.39 is 10.0 Å². The van der Waals surface area contributed by atoms with Gasteiger partial charge in [0.15, 0.2) is 0 Å². The third-order valence-corrected chi connectivity index (χ3v) is 8.46. The molecule has 2 aliphatic heterocycles. The average Bonchev–Trinajstić information content (AvgIpc) is 2.88. The van der Waals surface area contributed by atoms with Crippen LogP contribution in [0.2, 0.25) is 0 Å². The summed E-state index contributed by atoms with van der Waals surface area (Å²) in [5.74, 6) is 0.324. The number of sulfonamides is 1. The number of amides is 1. The molecule has 8 nitrogen and oxygen atoms in total. The lowest BCUT2D eigenvalue weighted by molar-refractivity contribution is 0.0949. The second kappa shape index (κ2) is 10.6. The summed E-state index contributed by atoms with van der Waals surface area (Å²) in [5.41, 5.74) is 3.26. The van der Waals surface area contributed by atoms with Gasteiger partial charge in [-0.3, -0.25) is 14.3 Å². The summed E-state index contributed by atoms with van der Waals surface area (Å²) in [6, 6.07) is 19.7. The molecule has 1 aromatic heterocycles. The van der Waals surface area contributed by atoms with Gasteiger partial charge in [-0.15, -0.1) is 0 Å². The Labute approximate surface area is 223 Å². The maximum Gasteiger partial charge on any atom is 0.251 e. The Morgan fingerprint density at radius 3 is 2.55 bits per heavy atom. The molecule has 9 heteroatoms. The van der Waals surface area contributed by atoms with Crippen molar-refractivity contribution in [1.29, 1.82) is 0 Å². The number of anilines is 2. The first-order chi connectivity index (χ1) is 18.2. The van der Waals surface area contributed by atoms with E-state index in [1.807, 2.05) is 48.7 Å². The number of nitrogens with zero attached hydrogens (tertiary/aromatic N) is 2. The number of aromatic nitrogens is 1. The standard InChI is InChI=1S/C29H34N4O4S/c1-20(2)15-30-29(35)23-11-12-27(25(14-23)31-38(36,37)19-21-7-4-3-5-8-21)32-16-22-13-24(18-32)26-9-6-10-28(34)33(26)17-22/h3-12,14,20,22,24,31H,13,15-19H2,1-2H3,(H,30,35). The second-order valence-electron chi connectivity index (χ2n) is 10.8. The Kier molecular flexibility index (Phi) is 7.29. The van der Waals surface area contributed by atoms with Gasteiger partial charge in [0.2, 0.25) is 10.0 Å². The summed E-state index contributed by atoms with van der Waals surface area (Å²) < 4.78 is 31.1. The zero-order valence-electron chi connectivity index (χ0n) is 21.8. The fourth-order valence-electron chi connectivity index (χ4n) is 5.52. The van der Waals surface area contributed by atoms with Crippen LogP contribution in [0.1, 0.15) is 47.8 Å². The number of fused-ring (bicyclic) bond motifs is 4. The lowest BCUT2D eigenvalue weighted by Crippen LogP contribution is -2.47. The highest BCUT2D eigenvalue weighted by Gasteiger charge is 2.35. The molecule has 38 heavy (non-hydrogen) atoms. The van der Waals surface area contributed by atoms with Crippen molar-refractivity contribution in [3.05, 3.63) is 93.9 Å². The van der Waals surface area contributed by atoms with Gasteiger partial charge in [-0.1, -0.05) is 50.2 Å². The summed E-state index contributed by atoms with van der Waals surface area (Å²) >= 11 is 0. The Morgan fingerprint density at radius 2 is 1.79 bits per heavy atom. The van der Waals surface area contributed by atoms with E-state index in [0.29, 0.717) is 48.9 Å². The summed E-state index contributed by atoms with van der Waals surface area (Å²) in [7, 11) is -3.74. The molecule has 200 valence electrons. The van der Waals surface area contributed by atoms with Crippen LogP contribution < -0.4 is 20.5 Å². The van der Waals surface area contributed by atoms with Crippen LogP contribution in [0.25, 0.3) is 0 Å². The summed E-state index contributed by atoms with van der Waals surface area (Å²) in [6.07, 6.45) is 0.991. The van der Waals surface area contributed by atoms with Crippen LogP contribution in [-0.2, 0) is 22.3 Å². The first kappa shape index (κ1) is 26.0. The number of pyridine rings is 1. The van der Waals surface area contributed by atoms with E-state index in [1.54, 1.807) is 36.4 Å². The van der Waals surface area contributed by atoms with Gasteiger partial charge in [-0.05, 0) is 48.1 Å². The summed E-state index contributed by atoms with van der Waals surface area (Å²) in [5, 5.41) is 2.91. The van der Waals surface area contributed by atoms with Crippen molar-refractivity contribution in [3.63, 3.8) is 0 Å². The Hall–Kier alpha value is -3.59. The largest absolute Gasteiger partial charge is 0.369 e. The zero-order chi connectivity index (χ0) is 26.9. The van der Waals surface area contributed by atoms with Crippen LogP contribution in [0.4, 0.5) is 11.4 Å². The molecule has 0 radical (unpaired) electrons. The van der Waals surface area contributed by atoms with Crippen LogP contribution >= 0.6 is 0 Å². The van der Waals surface area contributed by atoms with Crippen LogP contribution in [0, 0.1) is 11.8 Å². The number of hydrogen-bond acceptors (Lipinski definition) is 5. The molecule has 5 rings (SSSR count). The molecule has 2 N–H and O–H groups in total. The third kappa shape index (κ3) is 5.78. The topological polar surface area (TPSA) is 101 Å². The predicted molar refractivity (Wildman–Crippen MR) is 150 cm³/mol. The molecule has 0 aliphatic carbocycles. The minimum atomic E-state index is -3.74. The molecule has 3 heterocycles. The molecule has 0 spiro atoms. The van der Waals surface area contributed by atoms with E-state index in [4.69, 9.17) is 0 Å². The Morgan fingerprint density at radius 1 is 1.00 bits per heavy atom. The molecule has 1 amide bonds. The summed E-state index contributed by atoms with van der Waals surface area (Å²) in [6.45, 7) is 6.57. The molecular weight excluding hydrogens is 500 g/mol. The van der Waals surface area contributed by atoms with Crippen LogP contribution in [0.3, 0.4) is 0 Å². The van der Waals surface area contributed by atoms with Gasteiger partial charge in [-0.25, -0.2) is 8.42 Å². The van der Waals surface area contributed by atoms with Crippen LogP contribution in [-0.4, -0.2) is 38.5 Å². The highest BCUT2D eigenvalue weighted by atomic mass is 32.2. The highest BCUT2D eigenvalue weighted by molar-refractivity contribution is 7.91. The minimum Gasteiger partial charge on any atom is -0.369 e. The van der Waals surface area contributed by atoms with Gasteiger partial charge in [0.25, 0.3) is 11.5 Å². The average molecular weight is 535 g/mol. The van der Waals surface area contributed by atoms with Crippen molar-refractivity contribution in [1.82, 2.24) is 9.88 Å². The number of carbonyl (C=O) groups excluding carboxylic acids is 1. The van der Waals surface area contributed by atoms with E-state index >= 15 is 0 Å². The van der Waals surface area contributed by atoms with Gasteiger partial charge in [0.1, 0.15) is 0 Å². The molecule has 2 bridgehead atoms. The molecule has 0 saturated carbocycles. The highest BCUT2D eigenvalue weighted by Crippen LogP contribution is 2.39. The number of carbonyl (C=O) groups is 1. The van der Waals surface area contributed by atoms with Gasteiger partial charge in [0.05, 0.1) is 17.1 Å². The maximum absolute atomic E-state index is 13.2. The number of benzene rings is 2. The van der Waals surface area contributed by atoms with Gasteiger partial charge in [0, 0.05) is 49.4 Å². The van der Waals surface area contributed by atoms with E-state index in [9.17, 15) is 18.0 Å². The van der Waals surface area contributed by atoms with Crippen molar-refractivity contribution in [3.8, 4) is 0 Å². The van der Waals surface area contributed by atoms with Crippen LogP contribution in [0.5, 0.6) is 0 Å². The number of rotatable bonds is 8. The van der Waals surface area contributed by atoms with E-state index in [2.05, 4.69) is 14.9 Å². The van der Waals surface area contributed by atoms with E-state index in [-0.39, 0.29) is 29.1 Å². The maximum atomic E-state index is 13.2. The first-order valence-electron chi connectivity index (χ1n) is 13.1. The van der Waals surface area contributed by atoms with Crippen molar-refractivity contribution in [2.45, 2.75) is 38.5 Å². The SMILES string of the molecule is CC(C)CNC(=O)c1ccc(N2CC3CC(C2)c2cccc(=O)n2C3)c(NS(=O)(=O)Cc2ccccc2)c1. The number of piperidine rings is 1. The third-order valence-electron chi connectivity index (χ3n) is 7.22. The molecule has 1 saturated heterocycles. The molecule has 2 aliphatic rings. The normalized spacial score (nSPS) is 18.7. The molecule has 2 unspecified atom stereocenters. The molecular formula is C29H34N4O4S. The first-order valence-corrected chi connectivity index (χ1v) is 14.7. The van der Waals surface area contributed by atoms with Gasteiger partial charge < -0.3 is 14.8 Å². The summed E-state index contributed by atoms with van der Waals surface area (Å²) in [4.78, 5) is 27.5. The Balaban J connectivity index is 1.47. The van der Waals surface area contributed by atoms with Gasteiger partial charge in [-0.2, -0.15) is 0 Å². The van der Waals surface area contributed by atoms with E-state index in [1.165, 1.54) is 0 Å². The fourth-order valence-corrected chi connectivity index (χ4v) is 6.73. The lowest BCUT2D eigenvalue weighted by Gasteiger charge is -2.44. The molecule has 2 atom stereocenters. The molecule has 2 aromatic carbocycles. The van der Waals surface area contributed by atoms with Crippen molar-refractivity contribution in [2.75, 3.05) is 29.3 Å². The van der Waals surface area contributed by atoms with Gasteiger partial charge >= 0.3 is 0 Å². The minimum absolute atomic E-state index is 0.0248. The number of nitrogens with one attached hydrogen (secondary N) is 2. The number of hydrogen-bond donors (Lipinski definition) is 2. The predicted octanol–water partition coefficient (Wildman–Crippen LogP) is 3.80. The van der Waals surface area contributed by atoms with Crippen molar-refractivity contribution < 1.29 is 13.2 Å². The Bertz CT molecular complexity index is 1480. The molecule has 1 fully saturated rings. The lowest BCUT2D eigenvalue weighted by atomic mass is 9.83. The fraction of sp³-hybridized carbons (Fsp3) is 0.379. The monoisotopic (exact) mass is 534 g/mol. The zero-order valence-corrected chi connectivity index (χ0v) is 22.6.